The predicted octanol–water partition coefficient (Wildman–Crippen LogP) is 2.98. The van der Waals surface area contributed by atoms with E-state index in [-0.39, 0.29) is 21.4 Å². The van der Waals surface area contributed by atoms with Crippen molar-refractivity contribution < 1.29 is 8.42 Å². The maximum absolute atomic E-state index is 12.3. The molecule has 6 nitrogen and oxygen atoms in total. The van der Waals surface area contributed by atoms with Gasteiger partial charge in [-0.25, -0.2) is 0 Å². The smallest absolute Gasteiger partial charge is 0.280 e. The number of nitrogens with two attached hydrogens (primary N) is 1. The topological polar surface area (TPSA) is 90.0 Å². The molecule has 108 valence electrons. The van der Waals surface area contributed by atoms with Crippen molar-refractivity contribution in [1.29, 1.82) is 0 Å². The zero-order valence-electron chi connectivity index (χ0n) is 10.1. The first-order chi connectivity index (χ1) is 9.22. The number of hydrogen-bond acceptors (Lipinski definition) is 4. The molecule has 20 heavy (non-hydrogen) atoms. The molecule has 1 aromatic heterocycles. The van der Waals surface area contributed by atoms with Crippen molar-refractivity contribution in [2.75, 3.05) is 10.5 Å². The summed E-state index contributed by atoms with van der Waals surface area (Å²) in [7, 11) is -2.41. The van der Waals surface area contributed by atoms with Crippen LogP contribution in [0.2, 0.25) is 5.02 Å². The number of nitrogen functional groups attached to an aromatic ring is 1. The quantitative estimate of drug-likeness (QED) is 0.713. The summed E-state index contributed by atoms with van der Waals surface area (Å²) in [6.45, 7) is 0. The zero-order valence-corrected chi connectivity index (χ0v) is 14.8. The fraction of sp³-hybridized carbons (Fsp3) is 0.100. The van der Waals surface area contributed by atoms with Gasteiger partial charge in [0.05, 0.1) is 22.6 Å². The van der Waals surface area contributed by atoms with E-state index in [0.717, 1.165) is 4.47 Å². The van der Waals surface area contributed by atoms with Crippen molar-refractivity contribution in [3.05, 3.63) is 32.3 Å². The summed E-state index contributed by atoms with van der Waals surface area (Å²) >= 11 is 12.4. The molecule has 0 amide bonds. The molecule has 0 spiro atoms. The summed E-state index contributed by atoms with van der Waals surface area (Å²) in [5.74, 6) is 0. The van der Waals surface area contributed by atoms with Crippen LogP contribution in [0.5, 0.6) is 0 Å². The third-order valence-electron chi connectivity index (χ3n) is 2.42. The average molecular weight is 445 g/mol. The van der Waals surface area contributed by atoms with Crippen LogP contribution in [0.4, 0.5) is 11.4 Å². The summed E-state index contributed by atoms with van der Waals surface area (Å²) < 4.78 is 29.5. The molecule has 0 radical (unpaired) electrons. The molecule has 0 aliphatic carbocycles. The Balaban J connectivity index is 2.50. The van der Waals surface area contributed by atoms with Crippen LogP contribution in [0.15, 0.2) is 32.3 Å². The highest BCUT2D eigenvalue weighted by molar-refractivity contribution is 9.11. The fourth-order valence-corrected chi connectivity index (χ4v) is 4.84. The maximum Gasteiger partial charge on any atom is 0.280 e. The molecule has 3 N–H and O–H groups in total. The Kier molecular flexibility index (Phi) is 4.33. The van der Waals surface area contributed by atoms with E-state index in [1.54, 1.807) is 12.1 Å². The van der Waals surface area contributed by atoms with Crippen molar-refractivity contribution in [1.82, 2.24) is 9.78 Å². The highest BCUT2D eigenvalue weighted by Gasteiger charge is 2.24. The molecule has 0 unspecified atom stereocenters. The van der Waals surface area contributed by atoms with Gasteiger partial charge in [-0.15, -0.1) is 0 Å². The first-order valence-corrected chi connectivity index (χ1v) is 8.62. The molecule has 0 saturated heterocycles. The van der Waals surface area contributed by atoms with Crippen molar-refractivity contribution in [2.45, 2.75) is 5.03 Å². The lowest BCUT2D eigenvalue weighted by Gasteiger charge is -2.13. The molecule has 2 aromatic rings. The molecule has 1 aromatic carbocycles. The van der Waals surface area contributed by atoms with Crippen LogP contribution in [0.1, 0.15) is 0 Å². The lowest BCUT2D eigenvalue weighted by atomic mass is 10.3. The van der Waals surface area contributed by atoms with E-state index in [2.05, 4.69) is 41.7 Å². The Bertz CT molecular complexity index is 733. The van der Waals surface area contributed by atoms with Crippen LogP contribution in [-0.4, -0.2) is 18.2 Å². The van der Waals surface area contributed by atoms with Crippen LogP contribution in [0.3, 0.4) is 0 Å². The second-order valence-corrected chi connectivity index (χ2v) is 7.65. The second kappa shape index (κ2) is 5.55. The van der Waals surface area contributed by atoms with Crippen LogP contribution >= 0.6 is 43.5 Å². The Morgan fingerprint density at radius 2 is 2.05 bits per heavy atom. The van der Waals surface area contributed by atoms with E-state index in [1.165, 1.54) is 17.9 Å². The molecule has 0 atom stereocenters. The minimum atomic E-state index is -3.90. The van der Waals surface area contributed by atoms with Crippen LogP contribution < -0.4 is 10.5 Å². The molecule has 0 aliphatic heterocycles. The third-order valence-corrected chi connectivity index (χ3v) is 5.36. The van der Waals surface area contributed by atoms with Gasteiger partial charge in [-0.1, -0.05) is 27.5 Å². The third kappa shape index (κ3) is 2.95. The van der Waals surface area contributed by atoms with Gasteiger partial charge in [0.1, 0.15) is 0 Å². The van der Waals surface area contributed by atoms with E-state index in [9.17, 15) is 8.42 Å². The normalized spacial score (nSPS) is 11.6. The van der Waals surface area contributed by atoms with E-state index in [4.69, 9.17) is 17.3 Å². The van der Waals surface area contributed by atoms with Gasteiger partial charge in [0.15, 0.2) is 5.03 Å². The molecular formula is C10H9Br2ClN4O2S. The van der Waals surface area contributed by atoms with Crippen LogP contribution in [0, 0.1) is 0 Å². The highest BCUT2D eigenvalue weighted by Crippen LogP contribution is 2.34. The lowest BCUT2D eigenvalue weighted by Crippen LogP contribution is -2.18. The number of aromatic nitrogens is 2. The van der Waals surface area contributed by atoms with Gasteiger partial charge in [-0.2, -0.15) is 13.5 Å². The van der Waals surface area contributed by atoms with Crippen LogP contribution in [0.25, 0.3) is 0 Å². The van der Waals surface area contributed by atoms with E-state index >= 15 is 0 Å². The standard InChI is InChI=1S/C10H9Br2ClN4O2S/c1-17-10(7(13)4-15-17)20(18,19)16-9-6(12)2-5(11)3-8(9)14/h2-4,16H,14H2,1H3. The monoisotopic (exact) mass is 442 g/mol. The lowest BCUT2D eigenvalue weighted by molar-refractivity contribution is 0.582. The zero-order chi connectivity index (χ0) is 15.1. The summed E-state index contributed by atoms with van der Waals surface area (Å²) in [6, 6.07) is 3.27. The number of rotatable bonds is 3. The number of nitrogens with zero attached hydrogens (tertiary/aromatic N) is 2. The SMILES string of the molecule is Cn1ncc(Cl)c1S(=O)(=O)Nc1c(N)cc(Br)cc1Br. The second-order valence-electron chi connectivity index (χ2n) is 3.88. The van der Waals surface area contributed by atoms with Crippen molar-refractivity contribution in [3.63, 3.8) is 0 Å². The minimum absolute atomic E-state index is 0.0341. The van der Waals surface area contributed by atoms with E-state index in [1.807, 2.05) is 0 Å². The number of hydrogen-bond donors (Lipinski definition) is 2. The maximum atomic E-state index is 12.3. The Morgan fingerprint density at radius 3 is 2.55 bits per heavy atom. The molecule has 1 heterocycles. The van der Waals surface area contributed by atoms with Gasteiger partial charge in [0.25, 0.3) is 10.0 Å². The predicted molar refractivity (Wildman–Crippen MR) is 85.3 cm³/mol. The summed E-state index contributed by atoms with van der Waals surface area (Å²) in [4.78, 5) is 0. The van der Waals surface area contributed by atoms with Gasteiger partial charge in [-0.05, 0) is 28.1 Å². The number of nitrogens with one attached hydrogen (secondary N) is 1. The van der Waals surface area contributed by atoms with Crippen molar-refractivity contribution in [3.8, 4) is 0 Å². The molecule has 10 heteroatoms. The first kappa shape index (κ1) is 15.6. The molecular weight excluding hydrogens is 435 g/mol. The van der Waals surface area contributed by atoms with Crippen molar-refractivity contribution >= 4 is 64.9 Å². The molecule has 0 fully saturated rings. The minimum Gasteiger partial charge on any atom is -0.397 e. The molecule has 0 bridgehead atoms. The number of anilines is 2. The number of aryl methyl sites for hydroxylation is 1. The van der Waals surface area contributed by atoms with Gasteiger partial charge < -0.3 is 5.73 Å². The Hall–Kier alpha value is -0.770. The van der Waals surface area contributed by atoms with Crippen LogP contribution in [-0.2, 0) is 17.1 Å². The summed E-state index contributed by atoms with van der Waals surface area (Å²) in [5, 5.41) is 3.70. The van der Waals surface area contributed by atoms with E-state index < -0.39 is 10.0 Å². The highest BCUT2D eigenvalue weighted by atomic mass is 79.9. The molecule has 0 aliphatic rings. The summed E-state index contributed by atoms with van der Waals surface area (Å²) in [5.41, 5.74) is 6.33. The first-order valence-electron chi connectivity index (χ1n) is 5.17. The summed E-state index contributed by atoms with van der Waals surface area (Å²) in [6.07, 6.45) is 1.26. The fourth-order valence-electron chi connectivity index (χ4n) is 1.59. The van der Waals surface area contributed by atoms with Gasteiger partial charge in [0, 0.05) is 16.0 Å². The van der Waals surface area contributed by atoms with Gasteiger partial charge in [-0.3, -0.25) is 9.40 Å². The number of benzene rings is 1. The molecule has 0 saturated carbocycles. The largest absolute Gasteiger partial charge is 0.397 e. The van der Waals surface area contributed by atoms with Gasteiger partial charge >= 0.3 is 0 Å². The van der Waals surface area contributed by atoms with E-state index in [0.29, 0.717) is 4.47 Å². The molecule has 2 rings (SSSR count). The Labute approximate surface area is 137 Å². The number of sulfonamides is 1. The van der Waals surface area contributed by atoms with Gasteiger partial charge in [0.2, 0.25) is 0 Å². The van der Waals surface area contributed by atoms with Crippen molar-refractivity contribution in [2.24, 2.45) is 7.05 Å². The average Bonchev–Trinajstić information content (AvgIpc) is 2.64. The number of halogens is 3. The Morgan fingerprint density at radius 1 is 1.40 bits per heavy atom.